The maximum Gasteiger partial charge on any atom is 0.341 e. The van der Waals surface area contributed by atoms with Crippen LogP contribution >= 0.6 is 0 Å². The van der Waals surface area contributed by atoms with Crippen molar-refractivity contribution in [2.24, 2.45) is 0 Å². The molecule has 0 amide bonds. The number of pyridine rings is 1. The molecule has 1 saturated carbocycles. The second-order valence-electron chi connectivity index (χ2n) is 8.02. The standard InChI is InChI=1S/C19H22F2N4O4/c1-8-5-24(6-9(2)23-8)16-12(20)14(22)11-15(13(16)21)25(19(29)3-4-19)7-10(17(11)26)18(27)28/h7-9,23,29H,3-6,22H2,1-2H3,(H,27,28)/t8-,9+. The van der Waals surface area contributed by atoms with Crippen molar-refractivity contribution in [3.8, 4) is 0 Å². The maximum absolute atomic E-state index is 15.7. The highest BCUT2D eigenvalue weighted by molar-refractivity contribution is 5.99. The lowest BCUT2D eigenvalue weighted by atomic mass is 10.0. The van der Waals surface area contributed by atoms with E-state index in [1.165, 1.54) is 4.90 Å². The number of hydrogen-bond acceptors (Lipinski definition) is 6. The third-order valence-corrected chi connectivity index (χ3v) is 5.59. The monoisotopic (exact) mass is 408 g/mol. The fourth-order valence-electron chi connectivity index (χ4n) is 4.15. The molecule has 29 heavy (non-hydrogen) atoms. The zero-order valence-corrected chi connectivity index (χ0v) is 16.0. The molecule has 2 heterocycles. The molecule has 10 heteroatoms. The molecule has 0 radical (unpaired) electrons. The van der Waals surface area contributed by atoms with E-state index in [4.69, 9.17) is 5.73 Å². The van der Waals surface area contributed by atoms with Crippen LogP contribution in [0.4, 0.5) is 20.2 Å². The van der Waals surface area contributed by atoms with E-state index in [-0.39, 0.29) is 36.1 Å². The molecule has 4 rings (SSSR count). The number of nitrogens with two attached hydrogens (primary N) is 1. The molecule has 0 bridgehead atoms. The second kappa shape index (κ2) is 6.39. The number of carboxylic acid groups (broad SMARTS) is 1. The number of nitrogens with zero attached hydrogens (tertiary/aromatic N) is 2. The molecule has 5 N–H and O–H groups in total. The molecule has 0 spiro atoms. The first-order chi connectivity index (χ1) is 13.5. The Balaban J connectivity index is 2.08. The minimum atomic E-state index is -1.57. The van der Waals surface area contributed by atoms with Crippen molar-refractivity contribution in [1.82, 2.24) is 9.88 Å². The van der Waals surface area contributed by atoms with Gasteiger partial charge in [0.25, 0.3) is 0 Å². The predicted molar refractivity (Wildman–Crippen MR) is 103 cm³/mol. The highest BCUT2D eigenvalue weighted by Gasteiger charge is 2.45. The zero-order valence-electron chi connectivity index (χ0n) is 16.0. The highest BCUT2D eigenvalue weighted by Crippen LogP contribution is 2.45. The molecule has 8 nitrogen and oxygen atoms in total. The summed E-state index contributed by atoms with van der Waals surface area (Å²) in [4.78, 5) is 25.7. The van der Waals surface area contributed by atoms with Crippen molar-refractivity contribution >= 4 is 28.2 Å². The Hall–Kier alpha value is -2.72. The van der Waals surface area contributed by atoms with Crippen molar-refractivity contribution in [2.75, 3.05) is 23.7 Å². The van der Waals surface area contributed by atoms with Gasteiger partial charge in [-0.15, -0.1) is 0 Å². The number of halogens is 2. The summed E-state index contributed by atoms with van der Waals surface area (Å²) in [7, 11) is 0. The van der Waals surface area contributed by atoms with Gasteiger partial charge in [-0.3, -0.25) is 4.79 Å². The molecule has 1 aliphatic heterocycles. The van der Waals surface area contributed by atoms with Crippen LogP contribution in [0.2, 0.25) is 0 Å². The van der Waals surface area contributed by atoms with Crippen molar-refractivity contribution in [3.63, 3.8) is 0 Å². The lowest BCUT2D eigenvalue weighted by Crippen LogP contribution is -2.54. The van der Waals surface area contributed by atoms with Crippen LogP contribution in [-0.4, -0.2) is 45.9 Å². The summed E-state index contributed by atoms with van der Waals surface area (Å²) in [5.74, 6) is -3.71. The number of piperazine rings is 1. The van der Waals surface area contributed by atoms with Gasteiger partial charge < -0.3 is 30.7 Å². The number of anilines is 2. The predicted octanol–water partition coefficient (Wildman–Crippen LogP) is 1.19. The van der Waals surface area contributed by atoms with Gasteiger partial charge in [-0.05, 0) is 26.7 Å². The van der Waals surface area contributed by atoms with Crippen molar-refractivity contribution in [1.29, 1.82) is 0 Å². The Bertz CT molecular complexity index is 1090. The quantitative estimate of drug-likeness (QED) is 0.563. The van der Waals surface area contributed by atoms with Gasteiger partial charge in [-0.1, -0.05) is 0 Å². The fourth-order valence-corrected chi connectivity index (χ4v) is 4.15. The van der Waals surface area contributed by atoms with E-state index in [2.05, 4.69) is 5.32 Å². The van der Waals surface area contributed by atoms with E-state index < -0.39 is 45.4 Å². The van der Waals surface area contributed by atoms with Gasteiger partial charge in [-0.2, -0.15) is 0 Å². The minimum Gasteiger partial charge on any atom is -0.477 e. The van der Waals surface area contributed by atoms with E-state index in [1.54, 1.807) is 0 Å². The SMILES string of the molecule is C[C@@H]1CN(c2c(F)c(N)c3c(=O)c(C(=O)O)cn(C4(O)CC4)c3c2F)C[C@H](C)N1. The summed E-state index contributed by atoms with van der Waals surface area (Å²) in [5, 5.41) is 22.6. The molecule has 156 valence electrons. The Labute approximate surface area is 164 Å². The summed E-state index contributed by atoms with van der Waals surface area (Å²) in [6.45, 7) is 4.38. The number of nitrogen functional groups attached to an aromatic ring is 1. The summed E-state index contributed by atoms with van der Waals surface area (Å²) in [5.41, 5.74) is 1.18. The highest BCUT2D eigenvalue weighted by atomic mass is 19.1. The number of nitrogens with one attached hydrogen (secondary N) is 1. The molecule has 1 aliphatic carbocycles. The van der Waals surface area contributed by atoms with E-state index in [0.29, 0.717) is 13.1 Å². The molecule has 2 fully saturated rings. The molecular formula is C19H22F2N4O4. The molecule has 1 aromatic carbocycles. The van der Waals surface area contributed by atoms with Crippen molar-refractivity contribution in [3.05, 3.63) is 33.6 Å². The summed E-state index contributed by atoms with van der Waals surface area (Å²) < 4.78 is 31.9. The van der Waals surface area contributed by atoms with E-state index in [9.17, 15) is 19.8 Å². The normalized spacial score (nSPS) is 23.4. The van der Waals surface area contributed by atoms with Gasteiger partial charge in [0, 0.05) is 31.4 Å². The molecule has 2 aromatic rings. The number of carbonyl (C=O) groups is 1. The lowest BCUT2D eigenvalue weighted by Gasteiger charge is -2.38. The van der Waals surface area contributed by atoms with Crippen LogP contribution in [0.3, 0.4) is 0 Å². The number of aromatic carboxylic acids is 1. The average molecular weight is 408 g/mol. The molecule has 0 unspecified atom stereocenters. The first-order valence-corrected chi connectivity index (χ1v) is 9.38. The topological polar surface area (TPSA) is 121 Å². The molecule has 2 atom stereocenters. The van der Waals surface area contributed by atoms with Crippen LogP contribution in [0.25, 0.3) is 10.9 Å². The van der Waals surface area contributed by atoms with Gasteiger partial charge in [0.15, 0.2) is 11.6 Å². The number of hydrogen-bond donors (Lipinski definition) is 4. The van der Waals surface area contributed by atoms with Crippen LogP contribution in [0.1, 0.15) is 37.0 Å². The van der Waals surface area contributed by atoms with Gasteiger partial charge in [0.05, 0.1) is 16.6 Å². The zero-order chi connectivity index (χ0) is 21.2. The van der Waals surface area contributed by atoms with Crippen LogP contribution < -0.4 is 21.4 Å². The summed E-state index contributed by atoms with van der Waals surface area (Å²) in [6, 6.07) is -0.0858. The largest absolute Gasteiger partial charge is 0.477 e. The van der Waals surface area contributed by atoms with Gasteiger partial charge in [0.2, 0.25) is 5.43 Å². The molecule has 2 aliphatic rings. The number of rotatable bonds is 3. The van der Waals surface area contributed by atoms with E-state index in [1.807, 2.05) is 13.8 Å². The van der Waals surface area contributed by atoms with Crippen molar-refractivity contribution in [2.45, 2.75) is 44.5 Å². The van der Waals surface area contributed by atoms with Crippen LogP contribution in [0.5, 0.6) is 0 Å². The molecule has 1 saturated heterocycles. The Morgan fingerprint density at radius 1 is 1.24 bits per heavy atom. The molecule has 1 aromatic heterocycles. The maximum atomic E-state index is 15.7. The first kappa shape index (κ1) is 19.6. The van der Waals surface area contributed by atoms with E-state index >= 15 is 8.78 Å². The average Bonchev–Trinajstić information content (AvgIpc) is 3.37. The second-order valence-corrected chi connectivity index (χ2v) is 8.02. The summed E-state index contributed by atoms with van der Waals surface area (Å²) in [6.07, 6.45) is 1.41. The Morgan fingerprint density at radius 3 is 2.34 bits per heavy atom. The number of aromatic nitrogens is 1. The summed E-state index contributed by atoms with van der Waals surface area (Å²) >= 11 is 0. The smallest absolute Gasteiger partial charge is 0.341 e. The van der Waals surface area contributed by atoms with Crippen LogP contribution in [0, 0.1) is 11.6 Å². The van der Waals surface area contributed by atoms with Gasteiger partial charge >= 0.3 is 5.97 Å². The number of aliphatic hydroxyl groups is 1. The minimum absolute atomic E-state index is 0.0429. The van der Waals surface area contributed by atoms with Crippen LogP contribution in [0.15, 0.2) is 11.0 Å². The van der Waals surface area contributed by atoms with Gasteiger partial charge in [-0.25, -0.2) is 13.6 Å². The third kappa shape index (κ3) is 2.94. The van der Waals surface area contributed by atoms with Gasteiger partial charge in [0.1, 0.15) is 17.0 Å². The number of fused-ring (bicyclic) bond motifs is 1. The third-order valence-electron chi connectivity index (χ3n) is 5.59. The number of benzene rings is 1. The van der Waals surface area contributed by atoms with E-state index in [0.717, 1.165) is 10.8 Å². The fraction of sp³-hybridized carbons (Fsp3) is 0.474. The number of carboxylic acids is 1. The Morgan fingerprint density at radius 2 is 1.83 bits per heavy atom. The first-order valence-electron chi connectivity index (χ1n) is 9.38. The Kier molecular flexibility index (Phi) is 4.32. The lowest BCUT2D eigenvalue weighted by molar-refractivity contribution is 0.0679. The molecular weight excluding hydrogens is 386 g/mol. The van der Waals surface area contributed by atoms with Crippen molar-refractivity contribution < 1.29 is 23.8 Å². The van der Waals surface area contributed by atoms with Crippen LogP contribution in [-0.2, 0) is 5.72 Å².